The third-order valence-electron chi connectivity index (χ3n) is 3.43. The first kappa shape index (κ1) is 16.3. The van der Waals surface area contributed by atoms with Crippen LogP contribution in [0.15, 0.2) is 54.9 Å². The molecule has 126 valence electrons. The number of rotatable bonds is 5. The van der Waals surface area contributed by atoms with E-state index in [0.717, 1.165) is 0 Å². The quantitative estimate of drug-likeness (QED) is 0.743. The molecular formula is C17H13FN4O3. The molecule has 1 aromatic carbocycles. The lowest BCUT2D eigenvalue weighted by Gasteiger charge is -2.09. The van der Waals surface area contributed by atoms with Crippen LogP contribution in [0.4, 0.5) is 10.2 Å². The van der Waals surface area contributed by atoms with E-state index in [9.17, 15) is 14.0 Å². The molecule has 0 saturated heterocycles. The molecule has 0 aliphatic heterocycles. The zero-order chi connectivity index (χ0) is 17.8. The number of hydrogen-bond acceptors (Lipinski definition) is 4. The summed E-state index contributed by atoms with van der Waals surface area (Å²) in [5.41, 5.74) is 0.884. The Morgan fingerprint density at radius 1 is 1.12 bits per heavy atom. The second-order valence-electron chi connectivity index (χ2n) is 5.19. The van der Waals surface area contributed by atoms with Crippen molar-refractivity contribution >= 4 is 17.7 Å². The Morgan fingerprint density at radius 2 is 1.80 bits per heavy atom. The van der Waals surface area contributed by atoms with Crippen molar-refractivity contribution < 1.29 is 19.1 Å². The number of pyridine rings is 1. The van der Waals surface area contributed by atoms with Crippen molar-refractivity contribution in [1.29, 1.82) is 0 Å². The Hall–Kier alpha value is -3.55. The lowest BCUT2D eigenvalue weighted by atomic mass is 10.2. The number of benzene rings is 1. The maximum Gasteiger partial charge on any atom is 0.356 e. The van der Waals surface area contributed by atoms with Gasteiger partial charge in [-0.15, -0.1) is 0 Å². The number of anilines is 1. The Labute approximate surface area is 141 Å². The van der Waals surface area contributed by atoms with Gasteiger partial charge in [-0.3, -0.25) is 9.78 Å². The summed E-state index contributed by atoms with van der Waals surface area (Å²) in [6.07, 6.45) is 2.96. The van der Waals surface area contributed by atoms with E-state index >= 15 is 0 Å². The van der Waals surface area contributed by atoms with E-state index in [2.05, 4.69) is 15.4 Å². The predicted octanol–water partition coefficient (Wildman–Crippen LogP) is 2.42. The number of carboxylic acid groups (broad SMARTS) is 1. The molecule has 3 rings (SSSR count). The molecule has 2 heterocycles. The Balaban J connectivity index is 1.88. The minimum atomic E-state index is -1.21. The number of aromatic carboxylic acids is 1. The summed E-state index contributed by atoms with van der Waals surface area (Å²) >= 11 is 0. The fourth-order valence-corrected chi connectivity index (χ4v) is 2.20. The second kappa shape index (κ2) is 6.91. The molecule has 7 nitrogen and oxygen atoms in total. The molecule has 0 radical (unpaired) electrons. The van der Waals surface area contributed by atoms with Crippen LogP contribution >= 0.6 is 0 Å². The third kappa shape index (κ3) is 3.86. The standard InChI is InChI=1S/C17H13FN4O3/c18-13-3-1-11(2-4-13)10-22-15(9-14(21-22)17(24)25)20-16(23)12-5-7-19-8-6-12/h1-9H,10H2,(H,20,23)(H,24,25). The number of amides is 1. The van der Waals surface area contributed by atoms with Gasteiger partial charge in [0.15, 0.2) is 5.69 Å². The highest BCUT2D eigenvalue weighted by Crippen LogP contribution is 2.15. The first-order valence-corrected chi connectivity index (χ1v) is 7.30. The molecule has 0 aliphatic rings. The molecule has 0 spiro atoms. The number of nitrogens with zero attached hydrogens (tertiary/aromatic N) is 3. The highest BCUT2D eigenvalue weighted by atomic mass is 19.1. The summed E-state index contributed by atoms with van der Waals surface area (Å²) in [6, 6.07) is 10.1. The zero-order valence-corrected chi connectivity index (χ0v) is 12.9. The smallest absolute Gasteiger partial charge is 0.356 e. The van der Waals surface area contributed by atoms with Crippen molar-refractivity contribution in [2.75, 3.05) is 5.32 Å². The average Bonchev–Trinajstić information content (AvgIpc) is 3.00. The van der Waals surface area contributed by atoms with Gasteiger partial charge in [-0.2, -0.15) is 5.10 Å². The van der Waals surface area contributed by atoms with Gasteiger partial charge in [0.2, 0.25) is 0 Å². The lowest BCUT2D eigenvalue weighted by molar-refractivity contribution is 0.0689. The van der Waals surface area contributed by atoms with Crippen molar-refractivity contribution in [2.24, 2.45) is 0 Å². The first-order chi connectivity index (χ1) is 12.0. The van der Waals surface area contributed by atoms with E-state index in [1.807, 2.05) is 0 Å². The molecule has 0 fully saturated rings. The van der Waals surface area contributed by atoms with E-state index in [1.54, 1.807) is 12.1 Å². The van der Waals surface area contributed by atoms with Gasteiger partial charge < -0.3 is 10.4 Å². The Bertz CT molecular complexity index is 907. The largest absolute Gasteiger partial charge is 0.476 e. The van der Waals surface area contributed by atoms with Crippen LogP contribution in [-0.4, -0.2) is 31.7 Å². The van der Waals surface area contributed by atoms with Crippen molar-refractivity contribution in [1.82, 2.24) is 14.8 Å². The number of carbonyl (C=O) groups is 2. The van der Waals surface area contributed by atoms with Gasteiger partial charge in [0.1, 0.15) is 11.6 Å². The minimum absolute atomic E-state index is 0.180. The van der Waals surface area contributed by atoms with Crippen LogP contribution < -0.4 is 5.32 Å². The minimum Gasteiger partial charge on any atom is -0.476 e. The molecule has 0 aliphatic carbocycles. The maximum atomic E-state index is 13.0. The molecule has 0 saturated carbocycles. The average molecular weight is 340 g/mol. The molecule has 0 atom stereocenters. The number of halogens is 1. The van der Waals surface area contributed by atoms with E-state index in [4.69, 9.17) is 5.11 Å². The van der Waals surface area contributed by atoms with Crippen LogP contribution in [-0.2, 0) is 6.54 Å². The number of carboxylic acids is 1. The highest BCUT2D eigenvalue weighted by Gasteiger charge is 2.16. The van der Waals surface area contributed by atoms with Gasteiger partial charge in [0.05, 0.1) is 6.54 Å². The summed E-state index contributed by atoms with van der Waals surface area (Å²) in [5, 5.41) is 15.7. The molecule has 0 unspecified atom stereocenters. The molecule has 2 aromatic heterocycles. The summed E-state index contributed by atoms with van der Waals surface area (Å²) in [6.45, 7) is 0.180. The van der Waals surface area contributed by atoms with Crippen LogP contribution in [0.25, 0.3) is 0 Å². The van der Waals surface area contributed by atoms with E-state index in [-0.39, 0.29) is 23.9 Å². The lowest BCUT2D eigenvalue weighted by Crippen LogP contribution is -2.16. The molecular weight excluding hydrogens is 327 g/mol. The Kier molecular flexibility index (Phi) is 4.51. The van der Waals surface area contributed by atoms with Crippen LogP contribution in [0, 0.1) is 5.82 Å². The van der Waals surface area contributed by atoms with Gasteiger partial charge >= 0.3 is 5.97 Å². The fraction of sp³-hybridized carbons (Fsp3) is 0.0588. The number of hydrogen-bond donors (Lipinski definition) is 2. The predicted molar refractivity (Wildman–Crippen MR) is 86.9 cm³/mol. The fourth-order valence-electron chi connectivity index (χ4n) is 2.20. The van der Waals surface area contributed by atoms with Gasteiger partial charge in [-0.05, 0) is 29.8 Å². The number of carbonyl (C=O) groups excluding carboxylic acids is 1. The Morgan fingerprint density at radius 3 is 2.44 bits per heavy atom. The highest BCUT2D eigenvalue weighted by molar-refractivity contribution is 6.04. The van der Waals surface area contributed by atoms with E-state index in [0.29, 0.717) is 11.1 Å². The molecule has 3 aromatic rings. The maximum absolute atomic E-state index is 13.0. The van der Waals surface area contributed by atoms with Gasteiger partial charge in [-0.25, -0.2) is 13.9 Å². The summed E-state index contributed by atoms with van der Waals surface area (Å²) in [4.78, 5) is 27.3. The van der Waals surface area contributed by atoms with Crippen molar-refractivity contribution in [2.45, 2.75) is 6.54 Å². The third-order valence-corrected chi connectivity index (χ3v) is 3.43. The SMILES string of the molecule is O=C(Nc1cc(C(=O)O)nn1Cc1ccc(F)cc1)c1ccncc1. The molecule has 2 N–H and O–H groups in total. The van der Waals surface area contributed by atoms with Gasteiger partial charge in [0.25, 0.3) is 5.91 Å². The van der Waals surface area contributed by atoms with Crippen LogP contribution in [0.1, 0.15) is 26.4 Å². The number of nitrogens with one attached hydrogen (secondary N) is 1. The molecule has 1 amide bonds. The normalized spacial score (nSPS) is 10.4. The number of aromatic nitrogens is 3. The van der Waals surface area contributed by atoms with Gasteiger partial charge in [0, 0.05) is 24.0 Å². The molecule has 25 heavy (non-hydrogen) atoms. The summed E-state index contributed by atoms with van der Waals surface area (Å²) in [5.74, 6) is -1.78. The molecule has 0 bridgehead atoms. The van der Waals surface area contributed by atoms with Crippen LogP contribution in [0.5, 0.6) is 0 Å². The first-order valence-electron chi connectivity index (χ1n) is 7.30. The second-order valence-corrected chi connectivity index (χ2v) is 5.19. The van der Waals surface area contributed by atoms with Gasteiger partial charge in [-0.1, -0.05) is 12.1 Å². The van der Waals surface area contributed by atoms with E-state index in [1.165, 1.54) is 47.4 Å². The summed E-state index contributed by atoms with van der Waals surface area (Å²) < 4.78 is 14.4. The van der Waals surface area contributed by atoms with Crippen molar-refractivity contribution in [3.8, 4) is 0 Å². The van der Waals surface area contributed by atoms with Crippen molar-refractivity contribution in [3.63, 3.8) is 0 Å². The topological polar surface area (TPSA) is 97.1 Å². The van der Waals surface area contributed by atoms with Crippen molar-refractivity contribution in [3.05, 3.63) is 77.5 Å². The zero-order valence-electron chi connectivity index (χ0n) is 12.9. The van der Waals surface area contributed by atoms with Crippen LogP contribution in [0.3, 0.4) is 0 Å². The monoisotopic (exact) mass is 340 g/mol. The summed E-state index contributed by atoms with van der Waals surface area (Å²) in [7, 11) is 0. The van der Waals surface area contributed by atoms with E-state index < -0.39 is 11.9 Å². The van der Waals surface area contributed by atoms with Crippen LogP contribution in [0.2, 0.25) is 0 Å². The molecule has 8 heteroatoms.